The van der Waals surface area contributed by atoms with Gasteiger partial charge in [0.15, 0.2) is 5.78 Å². The lowest BCUT2D eigenvalue weighted by molar-refractivity contribution is 0.103. The molecule has 0 atom stereocenters. The van der Waals surface area contributed by atoms with Crippen LogP contribution in [-0.2, 0) is 0 Å². The molecular formula is C13H10Br2O2. The largest absolute Gasteiger partial charge is 0.469 e. The monoisotopic (exact) mass is 356 g/mol. The Balaban J connectivity index is 2.52. The quantitative estimate of drug-likeness (QED) is 0.732. The molecule has 1 heterocycles. The molecule has 2 nitrogen and oxygen atoms in total. The number of benzene rings is 1. The maximum Gasteiger partial charge on any atom is 0.197 e. The molecule has 1 aromatic heterocycles. The van der Waals surface area contributed by atoms with Gasteiger partial charge in [-0.25, -0.2) is 0 Å². The van der Waals surface area contributed by atoms with Gasteiger partial charge in [-0.05, 0) is 37.6 Å². The minimum Gasteiger partial charge on any atom is -0.469 e. The Kier molecular flexibility index (Phi) is 3.54. The molecule has 0 amide bonds. The summed E-state index contributed by atoms with van der Waals surface area (Å²) in [6.07, 6.45) is 1.53. The number of carbonyl (C=O) groups is 1. The molecule has 0 radical (unpaired) electrons. The maximum absolute atomic E-state index is 12.3. The second kappa shape index (κ2) is 4.78. The second-order valence-electron chi connectivity index (χ2n) is 3.80. The van der Waals surface area contributed by atoms with Crippen molar-refractivity contribution in [3.05, 3.63) is 55.9 Å². The van der Waals surface area contributed by atoms with Gasteiger partial charge in [0.05, 0.1) is 11.8 Å². The summed E-state index contributed by atoms with van der Waals surface area (Å²) < 4.78 is 6.87. The summed E-state index contributed by atoms with van der Waals surface area (Å²) in [5, 5.41) is 0. The lowest BCUT2D eigenvalue weighted by Crippen LogP contribution is -2.03. The van der Waals surface area contributed by atoms with E-state index in [1.807, 2.05) is 19.1 Å². The molecule has 0 aliphatic heterocycles. The molecular weight excluding hydrogens is 348 g/mol. The Bertz CT molecular complexity index is 585. The van der Waals surface area contributed by atoms with Crippen molar-refractivity contribution < 1.29 is 9.21 Å². The van der Waals surface area contributed by atoms with Crippen LogP contribution in [0.3, 0.4) is 0 Å². The fourth-order valence-electron chi connectivity index (χ4n) is 1.59. The summed E-state index contributed by atoms with van der Waals surface area (Å²) in [5.74, 6) is 0.599. The van der Waals surface area contributed by atoms with Crippen molar-refractivity contribution in [1.29, 1.82) is 0 Å². The summed E-state index contributed by atoms with van der Waals surface area (Å²) >= 11 is 6.85. The number of aryl methyl sites for hydroxylation is 2. The van der Waals surface area contributed by atoms with Crippen LogP contribution in [0.5, 0.6) is 0 Å². The van der Waals surface area contributed by atoms with Gasteiger partial charge in [-0.2, -0.15) is 0 Å². The van der Waals surface area contributed by atoms with Crippen LogP contribution in [0.4, 0.5) is 0 Å². The number of furan rings is 1. The molecule has 0 saturated carbocycles. The van der Waals surface area contributed by atoms with E-state index in [0.29, 0.717) is 16.9 Å². The summed E-state index contributed by atoms with van der Waals surface area (Å²) in [4.78, 5) is 12.3. The normalized spacial score (nSPS) is 10.6. The van der Waals surface area contributed by atoms with Gasteiger partial charge in [-0.3, -0.25) is 4.79 Å². The Morgan fingerprint density at radius 1 is 1.12 bits per heavy atom. The third kappa shape index (κ3) is 2.38. The van der Waals surface area contributed by atoms with Gasteiger partial charge < -0.3 is 4.42 Å². The molecule has 1 aromatic carbocycles. The van der Waals surface area contributed by atoms with E-state index in [2.05, 4.69) is 31.9 Å². The van der Waals surface area contributed by atoms with E-state index < -0.39 is 0 Å². The van der Waals surface area contributed by atoms with E-state index in [1.165, 1.54) is 6.26 Å². The Morgan fingerprint density at radius 2 is 1.82 bits per heavy atom. The zero-order valence-corrected chi connectivity index (χ0v) is 12.6. The lowest BCUT2D eigenvalue weighted by Gasteiger charge is -2.06. The van der Waals surface area contributed by atoms with Gasteiger partial charge in [0.2, 0.25) is 0 Å². The van der Waals surface area contributed by atoms with Crippen LogP contribution in [0.15, 0.2) is 37.8 Å². The highest BCUT2D eigenvalue weighted by Gasteiger charge is 2.17. The van der Waals surface area contributed by atoms with Crippen LogP contribution >= 0.6 is 31.9 Å². The molecule has 0 fully saturated rings. The summed E-state index contributed by atoms with van der Waals surface area (Å²) in [6.45, 7) is 3.76. The third-order valence-corrected chi connectivity index (χ3v) is 4.11. The van der Waals surface area contributed by atoms with Crippen molar-refractivity contribution in [1.82, 2.24) is 0 Å². The van der Waals surface area contributed by atoms with Crippen LogP contribution in [0, 0.1) is 13.8 Å². The molecule has 0 saturated heterocycles. The number of hydrogen-bond acceptors (Lipinski definition) is 2. The van der Waals surface area contributed by atoms with Crippen molar-refractivity contribution in [2.45, 2.75) is 13.8 Å². The molecule has 17 heavy (non-hydrogen) atoms. The summed E-state index contributed by atoms with van der Waals surface area (Å²) in [5.41, 5.74) is 2.31. The van der Waals surface area contributed by atoms with E-state index in [-0.39, 0.29) is 5.78 Å². The number of ketones is 1. The van der Waals surface area contributed by atoms with Gasteiger partial charge in [0.1, 0.15) is 5.76 Å². The Hall–Kier alpha value is -0.870. The smallest absolute Gasteiger partial charge is 0.197 e. The second-order valence-corrected chi connectivity index (χ2v) is 5.51. The van der Waals surface area contributed by atoms with Crippen LogP contribution in [0.2, 0.25) is 0 Å². The molecule has 0 unspecified atom stereocenters. The standard InChI is InChI=1S/C13H10Br2O2/c1-7-5-12(15)10(6-11(7)14)13(16)9-3-4-17-8(9)2/h3-6H,1-2H3. The van der Waals surface area contributed by atoms with Crippen molar-refractivity contribution in [2.75, 3.05) is 0 Å². The third-order valence-electron chi connectivity index (χ3n) is 2.60. The van der Waals surface area contributed by atoms with E-state index in [1.54, 1.807) is 13.0 Å². The first-order valence-corrected chi connectivity index (χ1v) is 6.63. The molecule has 4 heteroatoms. The number of rotatable bonds is 2. The van der Waals surface area contributed by atoms with Gasteiger partial charge in [0, 0.05) is 14.5 Å². The van der Waals surface area contributed by atoms with E-state index in [4.69, 9.17) is 4.42 Å². The van der Waals surface area contributed by atoms with E-state index in [9.17, 15) is 4.79 Å². The highest BCUT2D eigenvalue weighted by atomic mass is 79.9. The van der Waals surface area contributed by atoms with Crippen molar-refractivity contribution in [3.63, 3.8) is 0 Å². The Morgan fingerprint density at radius 3 is 2.41 bits per heavy atom. The van der Waals surface area contributed by atoms with Crippen LogP contribution in [-0.4, -0.2) is 5.78 Å². The average molecular weight is 358 g/mol. The molecule has 0 bridgehead atoms. The molecule has 0 spiro atoms. The van der Waals surface area contributed by atoms with Crippen LogP contribution in [0.25, 0.3) is 0 Å². The first kappa shape index (κ1) is 12.6. The highest BCUT2D eigenvalue weighted by molar-refractivity contribution is 9.11. The molecule has 2 rings (SSSR count). The molecule has 2 aromatic rings. The zero-order chi connectivity index (χ0) is 12.6. The zero-order valence-electron chi connectivity index (χ0n) is 9.38. The summed E-state index contributed by atoms with van der Waals surface area (Å²) in [7, 11) is 0. The van der Waals surface area contributed by atoms with E-state index >= 15 is 0 Å². The minimum absolute atomic E-state index is 0.0381. The lowest BCUT2D eigenvalue weighted by atomic mass is 10.0. The molecule has 0 aliphatic rings. The van der Waals surface area contributed by atoms with Gasteiger partial charge in [-0.1, -0.05) is 31.9 Å². The molecule has 0 N–H and O–H groups in total. The van der Waals surface area contributed by atoms with Crippen LogP contribution < -0.4 is 0 Å². The Labute approximate surface area is 116 Å². The number of halogens is 2. The first-order valence-electron chi connectivity index (χ1n) is 5.05. The van der Waals surface area contributed by atoms with Crippen molar-refractivity contribution in [2.24, 2.45) is 0 Å². The minimum atomic E-state index is -0.0381. The van der Waals surface area contributed by atoms with Gasteiger partial charge in [0.25, 0.3) is 0 Å². The molecule has 0 aliphatic carbocycles. The fourth-order valence-corrected chi connectivity index (χ4v) is 2.57. The fraction of sp³-hybridized carbons (Fsp3) is 0.154. The topological polar surface area (TPSA) is 30.2 Å². The van der Waals surface area contributed by atoms with Crippen molar-refractivity contribution in [3.8, 4) is 0 Å². The SMILES string of the molecule is Cc1cc(Br)c(C(=O)c2ccoc2C)cc1Br. The van der Waals surface area contributed by atoms with E-state index in [0.717, 1.165) is 14.5 Å². The van der Waals surface area contributed by atoms with Crippen molar-refractivity contribution >= 4 is 37.6 Å². The number of carbonyl (C=O) groups excluding carboxylic acids is 1. The highest BCUT2D eigenvalue weighted by Crippen LogP contribution is 2.28. The summed E-state index contributed by atoms with van der Waals surface area (Å²) in [6, 6.07) is 5.44. The number of hydrogen-bond donors (Lipinski definition) is 0. The predicted molar refractivity (Wildman–Crippen MR) is 73.5 cm³/mol. The predicted octanol–water partition coefficient (Wildman–Crippen LogP) is 4.65. The van der Waals surface area contributed by atoms with Gasteiger partial charge in [-0.15, -0.1) is 0 Å². The molecule has 88 valence electrons. The van der Waals surface area contributed by atoms with Gasteiger partial charge >= 0.3 is 0 Å². The first-order chi connectivity index (χ1) is 8.00. The maximum atomic E-state index is 12.3. The average Bonchev–Trinajstić information content (AvgIpc) is 2.69. The van der Waals surface area contributed by atoms with Crippen LogP contribution in [0.1, 0.15) is 27.2 Å².